The lowest BCUT2D eigenvalue weighted by atomic mass is 10.2. The Morgan fingerprint density at radius 2 is 1.83 bits per heavy atom. The number of anilines is 1. The van der Waals surface area contributed by atoms with E-state index in [1.165, 1.54) is 12.1 Å². The molecule has 0 saturated heterocycles. The first-order chi connectivity index (χ1) is 13.7. The summed E-state index contributed by atoms with van der Waals surface area (Å²) in [6, 6.07) is 12.9. The summed E-state index contributed by atoms with van der Waals surface area (Å²) in [5.74, 6) is 0.222. The fraction of sp³-hybridized carbons (Fsp3) is 0.300. The Morgan fingerprint density at radius 3 is 2.45 bits per heavy atom. The van der Waals surface area contributed by atoms with E-state index in [0.29, 0.717) is 30.0 Å². The molecule has 0 bridgehead atoms. The molecule has 0 fully saturated rings. The van der Waals surface area contributed by atoms with Crippen molar-refractivity contribution in [2.75, 3.05) is 11.9 Å². The van der Waals surface area contributed by atoms with Crippen molar-refractivity contribution in [3.8, 4) is 5.75 Å². The number of hydrogen-bond donors (Lipinski definition) is 3. The average molecular weight is 436 g/mol. The van der Waals surface area contributed by atoms with Crippen molar-refractivity contribution in [1.82, 2.24) is 10.0 Å². The molecule has 2 rings (SSSR count). The molecule has 1 amide bonds. The van der Waals surface area contributed by atoms with Crippen LogP contribution in [0.4, 0.5) is 5.69 Å². The fourth-order valence-electron chi connectivity index (χ4n) is 2.36. The molecular formula is C20H25N3O4S2. The largest absolute Gasteiger partial charge is 0.491 e. The van der Waals surface area contributed by atoms with E-state index in [4.69, 9.17) is 17.0 Å². The quantitative estimate of drug-likeness (QED) is 0.551. The molecule has 2 aromatic rings. The van der Waals surface area contributed by atoms with Gasteiger partial charge in [0.05, 0.1) is 11.0 Å². The second kappa shape index (κ2) is 10.3. The highest BCUT2D eigenvalue weighted by Gasteiger charge is 2.13. The van der Waals surface area contributed by atoms with Gasteiger partial charge >= 0.3 is 0 Å². The van der Waals surface area contributed by atoms with Gasteiger partial charge < -0.3 is 10.1 Å². The predicted octanol–water partition coefficient (Wildman–Crippen LogP) is 3.29. The highest BCUT2D eigenvalue weighted by molar-refractivity contribution is 7.89. The van der Waals surface area contributed by atoms with Crippen molar-refractivity contribution in [3.63, 3.8) is 0 Å². The van der Waals surface area contributed by atoms with Crippen molar-refractivity contribution in [2.24, 2.45) is 0 Å². The van der Waals surface area contributed by atoms with E-state index in [-0.39, 0.29) is 22.0 Å². The first-order valence-corrected chi connectivity index (χ1v) is 11.1. The second-order valence-electron chi connectivity index (χ2n) is 6.52. The van der Waals surface area contributed by atoms with E-state index in [9.17, 15) is 13.2 Å². The minimum atomic E-state index is -3.53. The molecule has 0 aliphatic carbocycles. The zero-order valence-corrected chi connectivity index (χ0v) is 18.2. The summed E-state index contributed by atoms with van der Waals surface area (Å²) in [4.78, 5) is 12.5. The summed E-state index contributed by atoms with van der Waals surface area (Å²) in [6.45, 7) is 6.07. The van der Waals surface area contributed by atoms with Crippen LogP contribution in [0, 0.1) is 0 Å². The van der Waals surface area contributed by atoms with Crippen LogP contribution in [-0.2, 0) is 10.0 Å². The number of amides is 1. The van der Waals surface area contributed by atoms with Crippen molar-refractivity contribution < 1.29 is 17.9 Å². The van der Waals surface area contributed by atoms with Gasteiger partial charge in [-0.3, -0.25) is 10.1 Å². The van der Waals surface area contributed by atoms with Gasteiger partial charge in [0.25, 0.3) is 5.91 Å². The third-order valence-corrected chi connectivity index (χ3v) is 5.34. The van der Waals surface area contributed by atoms with Gasteiger partial charge in [-0.25, -0.2) is 13.1 Å². The van der Waals surface area contributed by atoms with E-state index < -0.39 is 10.0 Å². The summed E-state index contributed by atoms with van der Waals surface area (Å²) in [6.07, 6.45) is 0.708. The van der Waals surface area contributed by atoms with Gasteiger partial charge in [-0.1, -0.05) is 13.0 Å². The van der Waals surface area contributed by atoms with Crippen LogP contribution in [0.2, 0.25) is 0 Å². The number of benzene rings is 2. The smallest absolute Gasteiger partial charge is 0.257 e. The van der Waals surface area contributed by atoms with Crippen LogP contribution >= 0.6 is 12.2 Å². The maximum atomic E-state index is 12.4. The minimum Gasteiger partial charge on any atom is -0.491 e. The van der Waals surface area contributed by atoms with Crippen LogP contribution in [-0.4, -0.2) is 32.1 Å². The average Bonchev–Trinajstić information content (AvgIpc) is 2.66. The first kappa shape index (κ1) is 22.8. The standard InChI is InChI=1S/C20H25N3O4S2/c1-4-12-21-29(25,26)18-10-8-16(9-11-18)22-20(28)23-19(24)15-6-5-7-17(13-15)27-14(2)3/h5-11,13-14,21H,4,12H2,1-3H3,(H2,22,23,24,28). The van der Waals surface area contributed by atoms with E-state index in [2.05, 4.69) is 15.4 Å². The SMILES string of the molecule is CCCNS(=O)(=O)c1ccc(NC(=S)NC(=O)c2cccc(OC(C)C)c2)cc1. The van der Waals surface area contributed by atoms with Crippen LogP contribution in [0.15, 0.2) is 53.4 Å². The number of rotatable bonds is 8. The number of ether oxygens (including phenoxy) is 1. The van der Waals surface area contributed by atoms with Gasteiger partial charge in [0.1, 0.15) is 5.75 Å². The molecule has 7 nitrogen and oxygen atoms in total. The maximum absolute atomic E-state index is 12.4. The molecule has 0 aliphatic rings. The topological polar surface area (TPSA) is 96.5 Å². The Hall–Kier alpha value is -2.49. The molecule has 0 aromatic heterocycles. The van der Waals surface area contributed by atoms with Gasteiger partial charge in [0, 0.05) is 17.8 Å². The van der Waals surface area contributed by atoms with Gasteiger partial charge in [0.15, 0.2) is 5.11 Å². The molecule has 0 heterocycles. The van der Waals surface area contributed by atoms with E-state index in [1.807, 2.05) is 20.8 Å². The monoisotopic (exact) mass is 435 g/mol. The summed E-state index contributed by atoms with van der Waals surface area (Å²) in [5, 5.41) is 5.56. The van der Waals surface area contributed by atoms with Crippen molar-refractivity contribution in [1.29, 1.82) is 0 Å². The maximum Gasteiger partial charge on any atom is 0.257 e. The number of carbonyl (C=O) groups excluding carboxylic acids is 1. The summed E-state index contributed by atoms with van der Waals surface area (Å²) in [7, 11) is -3.53. The normalized spacial score (nSPS) is 11.2. The van der Waals surface area contributed by atoms with Crippen LogP contribution < -0.4 is 20.1 Å². The highest BCUT2D eigenvalue weighted by Crippen LogP contribution is 2.16. The molecule has 156 valence electrons. The number of hydrogen-bond acceptors (Lipinski definition) is 5. The van der Waals surface area contributed by atoms with Crippen molar-refractivity contribution in [3.05, 3.63) is 54.1 Å². The Kier molecular flexibility index (Phi) is 8.12. The predicted molar refractivity (Wildman–Crippen MR) is 118 cm³/mol. The van der Waals surface area contributed by atoms with Gasteiger partial charge in [-0.15, -0.1) is 0 Å². The number of thiocarbonyl (C=S) groups is 1. The van der Waals surface area contributed by atoms with Gasteiger partial charge in [0.2, 0.25) is 10.0 Å². The Labute approximate surface area is 176 Å². The zero-order valence-electron chi connectivity index (χ0n) is 16.6. The Morgan fingerprint density at radius 1 is 1.14 bits per heavy atom. The van der Waals surface area contributed by atoms with Crippen LogP contribution in [0.25, 0.3) is 0 Å². The van der Waals surface area contributed by atoms with E-state index in [0.717, 1.165) is 0 Å². The summed E-state index contributed by atoms with van der Waals surface area (Å²) in [5.41, 5.74) is 0.970. The molecule has 2 aromatic carbocycles. The molecule has 0 unspecified atom stereocenters. The lowest BCUT2D eigenvalue weighted by molar-refractivity contribution is 0.0977. The minimum absolute atomic E-state index is 0.0000119. The van der Waals surface area contributed by atoms with E-state index >= 15 is 0 Å². The fourth-order valence-corrected chi connectivity index (χ4v) is 3.70. The first-order valence-electron chi connectivity index (χ1n) is 9.20. The molecular weight excluding hydrogens is 410 g/mol. The number of sulfonamides is 1. The molecule has 0 radical (unpaired) electrons. The van der Waals surface area contributed by atoms with Crippen molar-refractivity contribution in [2.45, 2.75) is 38.2 Å². The zero-order chi connectivity index (χ0) is 21.4. The second-order valence-corrected chi connectivity index (χ2v) is 8.70. The summed E-state index contributed by atoms with van der Waals surface area (Å²) < 4.78 is 32.3. The van der Waals surface area contributed by atoms with Gasteiger partial charge in [-0.2, -0.15) is 0 Å². The van der Waals surface area contributed by atoms with E-state index in [1.54, 1.807) is 36.4 Å². The molecule has 0 aliphatic heterocycles. The number of nitrogens with one attached hydrogen (secondary N) is 3. The van der Waals surface area contributed by atoms with Gasteiger partial charge in [-0.05, 0) is 75.0 Å². The molecule has 29 heavy (non-hydrogen) atoms. The lowest BCUT2D eigenvalue weighted by Crippen LogP contribution is -2.34. The Balaban J connectivity index is 1.98. The van der Waals surface area contributed by atoms with Crippen LogP contribution in [0.3, 0.4) is 0 Å². The molecule has 0 atom stereocenters. The lowest BCUT2D eigenvalue weighted by Gasteiger charge is -2.12. The van der Waals surface area contributed by atoms with Crippen molar-refractivity contribution >= 4 is 38.9 Å². The number of carbonyl (C=O) groups is 1. The third-order valence-electron chi connectivity index (χ3n) is 3.66. The Bertz CT molecular complexity index is 958. The molecule has 9 heteroatoms. The van der Waals surface area contributed by atoms with Crippen LogP contribution in [0.1, 0.15) is 37.6 Å². The molecule has 0 spiro atoms. The molecule has 0 saturated carbocycles. The third kappa shape index (κ3) is 7.12. The highest BCUT2D eigenvalue weighted by atomic mass is 32.2. The van der Waals surface area contributed by atoms with Crippen LogP contribution in [0.5, 0.6) is 5.75 Å². The molecule has 3 N–H and O–H groups in total. The summed E-state index contributed by atoms with van der Waals surface area (Å²) >= 11 is 5.17.